The van der Waals surface area contributed by atoms with E-state index in [2.05, 4.69) is 58.7 Å². The van der Waals surface area contributed by atoms with Crippen molar-refractivity contribution in [1.82, 2.24) is 30.2 Å². The van der Waals surface area contributed by atoms with E-state index in [1.807, 2.05) is 12.1 Å². The van der Waals surface area contributed by atoms with E-state index >= 15 is 0 Å². The SMILES string of the molecule is CC(C)(CNc1ccnnc1C1CN(C(=O)N2CCOC(c3nnccc3NCC(C)(C)c3ccc(F)cc3)C2)CCO1)c1ccc(F)cc1. The molecule has 2 atom stereocenters. The average molecular weight is 687 g/mol. The van der Waals surface area contributed by atoms with Crippen molar-refractivity contribution in [3.63, 3.8) is 0 Å². The topological polar surface area (TPSA) is 118 Å². The molecular formula is C37H44F2N8O3. The number of carbonyl (C=O) groups excluding carboxylic acids is 1. The molecule has 0 spiro atoms. The second-order valence-electron chi connectivity index (χ2n) is 14.0. The average Bonchev–Trinajstić information content (AvgIpc) is 3.13. The quantitative estimate of drug-likeness (QED) is 0.211. The predicted molar refractivity (Wildman–Crippen MR) is 186 cm³/mol. The first kappa shape index (κ1) is 35.1. The van der Waals surface area contributed by atoms with Gasteiger partial charge in [0.05, 0.1) is 50.1 Å². The van der Waals surface area contributed by atoms with Gasteiger partial charge in [-0.15, -0.1) is 0 Å². The minimum Gasteiger partial charge on any atom is -0.383 e. The van der Waals surface area contributed by atoms with Gasteiger partial charge >= 0.3 is 6.03 Å². The summed E-state index contributed by atoms with van der Waals surface area (Å²) in [5.41, 5.74) is 4.20. The number of carbonyl (C=O) groups is 1. The Morgan fingerprint density at radius 2 is 1.10 bits per heavy atom. The normalized spacial score (nSPS) is 18.5. The number of urea groups is 1. The molecule has 2 saturated heterocycles. The van der Waals surface area contributed by atoms with Gasteiger partial charge in [-0.2, -0.15) is 20.4 Å². The molecule has 2 fully saturated rings. The Balaban J connectivity index is 1.10. The zero-order chi connectivity index (χ0) is 35.3. The van der Waals surface area contributed by atoms with E-state index in [1.54, 1.807) is 46.5 Å². The second kappa shape index (κ2) is 15.0. The van der Waals surface area contributed by atoms with E-state index in [4.69, 9.17) is 9.47 Å². The highest BCUT2D eigenvalue weighted by molar-refractivity contribution is 5.75. The Morgan fingerprint density at radius 3 is 1.50 bits per heavy atom. The molecule has 4 aromatic rings. The Bertz CT molecular complexity index is 1630. The number of ether oxygens (including phenoxy) is 2. The van der Waals surface area contributed by atoms with Crippen LogP contribution in [0.2, 0.25) is 0 Å². The highest BCUT2D eigenvalue weighted by Gasteiger charge is 2.35. The lowest BCUT2D eigenvalue weighted by atomic mass is 9.84. The highest BCUT2D eigenvalue weighted by atomic mass is 19.1. The number of hydrogen-bond donors (Lipinski definition) is 2. The molecule has 2 aliphatic heterocycles. The van der Waals surface area contributed by atoms with Crippen molar-refractivity contribution < 1.29 is 23.0 Å². The third-order valence-electron chi connectivity index (χ3n) is 9.48. The molecular weight excluding hydrogens is 642 g/mol. The summed E-state index contributed by atoms with van der Waals surface area (Å²) >= 11 is 0. The van der Waals surface area contributed by atoms with Crippen LogP contribution in [0.5, 0.6) is 0 Å². The van der Waals surface area contributed by atoms with Gasteiger partial charge in [0, 0.05) is 37.0 Å². The van der Waals surface area contributed by atoms with Crippen LogP contribution >= 0.6 is 0 Å². The molecule has 264 valence electrons. The maximum atomic E-state index is 13.9. The summed E-state index contributed by atoms with van der Waals surface area (Å²) in [4.78, 5) is 17.5. The first-order valence-electron chi connectivity index (χ1n) is 16.9. The predicted octanol–water partition coefficient (Wildman–Crippen LogP) is 5.89. The monoisotopic (exact) mass is 686 g/mol. The van der Waals surface area contributed by atoms with Crippen molar-refractivity contribution in [2.75, 3.05) is 63.1 Å². The van der Waals surface area contributed by atoms with Crippen LogP contribution in [0.1, 0.15) is 62.4 Å². The van der Waals surface area contributed by atoms with Crippen LogP contribution < -0.4 is 10.6 Å². The summed E-state index contributed by atoms with van der Waals surface area (Å²) in [6.45, 7) is 11.7. The van der Waals surface area contributed by atoms with E-state index in [0.29, 0.717) is 63.9 Å². The number of morpholine rings is 2. The largest absolute Gasteiger partial charge is 0.383 e. The van der Waals surface area contributed by atoms with Gasteiger partial charge < -0.3 is 29.9 Å². The molecule has 11 nitrogen and oxygen atoms in total. The number of aromatic nitrogens is 4. The lowest BCUT2D eigenvalue weighted by Gasteiger charge is -2.39. The summed E-state index contributed by atoms with van der Waals surface area (Å²) in [6, 6.07) is 16.7. The summed E-state index contributed by atoms with van der Waals surface area (Å²) in [5.74, 6) is -0.539. The number of amides is 2. The van der Waals surface area contributed by atoms with Crippen molar-refractivity contribution in [1.29, 1.82) is 0 Å². The second-order valence-corrected chi connectivity index (χ2v) is 14.0. The molecule has 2 aromatic carbocycles. The van der Waals surface area contributed by atoms with Crippen LogP contribution in [0.4, 0.5) is 25.0 Å². The van der Waals surface area contributed by atoms with E-state index in [9.17, 15) is 13.6 Å². The fourth-order valence-electron chi connectivity index (χ4n) is 6.28. The highest BCUT2D eigenvalue weighted by Crippen LogP contribution is 2.32. The molecule has 4 heterocycles. The van der Waals surface area contributed by atoms with Gasteiger partial charge in [-0.05, 0) is 47.5 Å². The van der Waals surface area contributed by atoms with Crippen LogP contribution in [0.15, 0.2) is 73.1 Å². The summed E-state index contributed by atoms with van der Waals surface area (Å²) in [6.07, 6.45) is 2.29. The van der Waals surface area contributed by atoms with Gasteiger partial charge in [0.2, 0.25) is 0 Å². The molecule has 13 heteroatoms. The summed E-state index contributed by atoms with van der Waals surface area (Å²) in [5, 5.41) is 24.1. The number of nitrogens with zero attached hydrogens (tertiary/aromatic N) is 6. The first-order valence-corrected chi connectivity index (χ1v) is 16.9. The maximum absolute atomic E-state index is 13.9. The van der Waals surface area contributed by atoms with Gasteiger partial charge in [0.25, 0.3) is 0 Å². The Kier molecular flexibility index (Phi) is 10.5. The van der Waals surface area contributed by atoms with Crippen LogP contribution in [0.3, 0.4) is 0 Å². The van der Waals surface area contributed by atoms with Gasteiger partial charge in [-0.3, -0.25) is 0 Å². The van der Waals surface area contributed by atoms with Gasteiger partial charge in [-0.25, -0.2) is 13.6 Å². The maximum Gasteiger partial charge on any atom is 0.320 e. The molecule has 2 N–H and O–H groups in total. The molecule has 2 unspecified atom stereocenters. The minimum absolute atomic E-state index is 0.113. The molecule has 6 rings (SSSR count). The molecule has 0 bridgehead atoms. The smallest absolute Gasteiger partial charge is 0.320 e. The third-order valence-corrected chi connectivity index (χ3v) is 9.48. The Hall–Kier alpha value is -4.75. The van der Waals surface area contributed by atoms with E-state index < -0.39 is 12.2 Å². The first-order chi connectivity index (χ1) is 24.0. The van der Waals surface area contributed by atoms with Crippen molar-refractivity contribution >= 4 is 17.4 Å². The molecule has 2 aliphatic rings. The standard InChI is InChI=1S/C37H44F2N8O3/c1-36(2,25-5-9-27(38)10-6-25)23-40-29-13-15-42-44-33(29)31-21-46(17-19-49-31)35(48)47-18-20-50-32(22-47)34-30(14-16-43-45-34)41-24-37(3,4)26-7-11-28(39)12-8-26/h5-16,31-32H,17-24H2,1-4H3,(H,40,42)(H,41,43). The van der Waals surface area contributed by atoms with Crippen LogP contribution in [0, 0.1) is 11.6 Å². The zero-order valence-electron chi connectivity index (χ0n) is 28.9. The molecule has 2 aromatic heterocycles. The Labute approximate surface area is 291 Å². The zero-order valence-corrected chi connectivity index (χ0v) is 28.9. The molecule has 2 amide bonds. The third kappa shape index (κ3) is 8.16. The van der Waals surface area contributed by atoms with Crippen LogP contribution in [-0.4, -0.2) is 88.7 Å². The fraction of sp³-hybridized carbons (Fsp3) is 0.432. The van der Waals surface area contributed by atoms with E-state index in [-0.39, 0.29) is 28.5 Å². The van der Waals surface area contributed by atoms with E-state index in [0.717, 1.165) is 22.5 Å². The van der Waals surface area contributed by atoms with E-state index in [1.165, 1.54) is 24.3 Å². The van der Waals surface area contributed by atoms with Crippen molar-refractivity contribution in [3.8, 4) is 0 Å². The lowest BCUT2D eigenvalue weighted by Crippen LogP contribution is -2.52. The van der Waals surface area contributed by atoms with Crippen molar-refractivity contribution in [3.05, 3.63) is 107 Å². The Morgan fingerprint density at radius 1 is 0.700 bits per heavy atom. The number of nitrogens with one attached hydrogen (secondary N) is 2. The number of rotatable bonds is 10. The number of hydrogen-bond acceptors (Lipinski definition) is 9. The molecule has 0 saturated carbocycles. The number of benzene rings is 2. The number of anilines is 2. The minimum atomic E-state index is -0.477. The number of halogens is 2. The van der Waals surface area contributed by atoms with Crippen molar-refractivity contribution in [2.24, 2.45) is 0 Å². The van der Waals surface area contributed by atoms with Gasteiger partial charge in [-0.1, -0.05) is 52.0 Å². The van der Waals surface area contributed by atoms with Crippen LogP contribution in [0.25, 0.3) is 0 Å². The van der Waals surface area contributed by atoms with Gasteiger partial charge in [0.15, 0.2) is 0 Å². The van der Waals surface area contributed by atoms with Crippen molar-refractivity contribution in [2.45, 2.75) is 50.7 Å². The summed E-state index contributed by atoms with van der Waals surface area (Å²) < 4.78 is 39.3. The molecule has 0 radical (unpaired) electrons. The van der Waals surface area contributed by atoms with Gasteiger partial charge in [0.1, 0.15) is 35.2 Å². The lowest BCUT2D eigenvalue weighted by molar-refractivity contribution is -0.0437. The molecule has 0 aliphatic carbocycles. The fourth-order valence-corrected chi connectivity index (χ4v) is 6.28. The molecule has 50 heavy (non-hydrogen) atoms. The van der Waals surface area contributed by atoms with Crippen LogP contribution in [-0.2, 0) is 20.3 Å². The summed E-state index contributed by atoms with van der Waals surface area (Å²) in [7, 11) is 0.